The molecule has 0 spiro atoms. The molecule has 0 aliphatic carbocycles. The number of hydrogen-bond donors (Lipinski definition) is 0. The largest absolute Gasteiger partial charge is 0.469 e. The van der Waals surface area contributed by atoms with E-state index < -0.39 is 0 Å². The molecular weight excluding hydrogens is 268 g/mol. The zero-order chi connectivity index (χ0) is 15.2. The number of morpholine rings is 1. The van der Waals surface area contributed by atoms with Gasteiger partial charge in [0.25, 0.3) is 0 Å². The monoisotopic (exact) mass is 298 g/mol. The lowest BCUT2D eigenvalue weighted by molar-refractivity contribution is -0.145. The molecule has 2 aliphatic rings. The predicted octanol–water partition coefficient (Wildman–Crippen LogP) is 1.23. The number of esters is 1. The van der Waals surface area contributed by atoms with Crippen LogP contribution in [-0.4, -0.2) is 74.9 Å². The lowest BCUT2D eigenvalue weighted by Gasteiger charge is -2.38. The van der Waals surface area contributed by atoms with Crippen molar-refractivity contribution in [1.82, 2.24) is 9.80 Å². The summed E-state index contributed by atoms with van der Waals surface area (Å²) in [5.41, 5.74) is 0. The highest BCUT2D eigenvalue weighted by Gasteiger charge is 2.25. The van der Waals surface area contributed by atoms with Crippen LogP contribution in [0, 0.1) is 11.8 Å². The number of ether oxygens (including phenoxy) is 2. The van der Waals surface area contributed by atoms with E-state index in [1.54, 1.807) is 0 Å². The van der Waals surface area contributed by atoms with E-state index in [1.165, 1.54) is 26.6 Å². The van der Waals surface area contributed by atoms with Crippen LogP contribution in [0.25, 0.3) is 0 Å². The number of rotatable bonds is 5. The van der Waals surface area contributed by atoms with Crippen molar-refractivity contribution in [3.05, 3.63) is 0 Å². The van der Waals surface area contributed by atoms with E-state index in [2.05, 4.69) is 23.6 Å². The number of nitrogens with zero attached hydrogens (tertiary/aromatic N) is 2. The minimum atomic E-state index is -0.180. The number of hydrogen-bond acceptors (Lipinski definition) is 5. The van der Waals surface area contributed by atoms with Gasteiger partial charge in [-0.1, -0.05) is 13.8 Å². The normalized spacial score (nSPS) is 32.0. The van der Waals surface area contributed by atoms with E-state index in [9.17, 15) is 4.79 Å². The summed E-state index contributed by atoms with van der Waals surface area (Å²) in [5.74, 6) is 1.44. The van der Waals surface area contributed by atoms with Crippen LogP contribution in [0.5, 0.6) is 0 Å². The Bertz CT molecular complexity index is 327. The quantitative estimate of drug-likeness (QED) is 0.714. The second-order valence-electron chi connectivity index (χ2n) is 6.78. The third-order valence-corrected chi connectivity index (χ3v) is 4.52. The van der Waals surface area contributed by atoms with Crippen molar-refractivity contribution in [2.45, 2.75) is 32.8 Å². The molecule has 0 amide bonds. The highest BCUT2D eigenvalue weighted by atomic mass is 16.5. The van der Waals surface area contributed by atoms with E-state index in [0.29, 0.717) is 13.0 Å². The molecule has 21 heavy (non-hydrogen) atoms. The molecule has 0 saturated carbocycles. The Kier molecular flexibility index (Phi) is 6.45. The Morgan fingerprint density at radius 3 is 2.48 bits per heavy atom. The predicted molar refractivity (Wildman–Crippen MR) is 82.2 cm³/mol. The van der Waals surface area contributed by atoms with E-state index in [1.807, 2.05) is 0 Å². The molecule has 3 atom stereocenters. The number of carbonyl (C=O) groups excluding carboxylic acids is 1. The Morgan fingerprint density at radius 1 is 1.14 bits per heavy atom. The summed E-state index contributed by atoms with van der Waals surface area (Å²) in [6, 6.07) is 0. The van der Waals surface area contributed by atoms with Gasteiger partial charge in [0.05, 0.1) is 26.2 Å². The van der Waals surface area contributed by atoms with Crippen molar-refractivity contribution in [1.29, 1.82) is 0 Å². The van der Waals surface area contributed by atoms with Crippen molar-refractivity contribution >= 4 is 5.97 Å². The van der Waals surface area contributed by atoms with Crippen LogP contribution in [0.2, 0.25) is 0 Å². The second-order valence-corrected chi connectivity index (χ2v) is 6.78. The molecule has 5 nitrogen and oxygen atoms in total. The molecule has 0 unspecified atom stereocenters. The first kappa shape index (κ1) is 16.7. The summed E-state index contributed by atoms with van der Waals surface area (Å²) < 4.78 is 10.4. The molecule has 0 aromatic rings. The molecule has 2 saturated heterocycles. The van der Waals surface area contributed by atoms with Gasteiger partial charge >= 0.3 is 5.97 Å². The van der Waals surface area contributed by atoms with Crippen LogP contribution in [0.15, 0.2) is 0 Å². The minimum Gasteiger partial charge on any atom is -0.469 e. The topological polar surface area (TPSA) is 42.0 Å². The molecule has 0 aromatic carbocycles. The lowest BCUT2D eigenvalue weighted by Crippen LogP contribution is -2.48. The Balaban J connectivity index is 1.71. The molecule has 0 bridgehead atoms. The average molecular weight is 298 g/mol. The van der Waals surface area contributed by atoms with Crippen molar-refractivity contribution < 1.29 is 14.3 Å². The summed E-state index contributed by atoms with van der Waals surface area (Å²) in [5, 5.41) is 0. The van der Waals surface area contributed by atoms with Gasteiger partial charge < -0.3 is 14.4 Å². The van der Waals surface area contributed by atoms with Crippen LogP contribution < -0.4 is 0 Å². The van der Waals surface area contributed by atoms with Gasteiger partial charge in [-0.15, -0.1) is 0 Å². The van der Waals surface area contributed by atoms with E-state index in [0.717, 1.165) is 38.0 Å². The fourth-order valence-electron chi connectivity index (χ4n) is 3.63. The van der Waals surface area contributed by atoms with Crippen LogP contribution >= 0.6 is 0 Å². The summed E-state index contributed by atoms with van der Waals surface area (Å²) in [4.78, 5) is 16.3. The maximum Gasteiger partial charge on any atom is 0.308 e. The van der Waals surface area contributed by atoms with Gasteiger partial charge in [-0.3, -0.25) is 9.69 Å². The van der Waals surface area contributed by atoms with Crippen molar-refractivity contribution in [3.63, 3.8) is 0 Å². The molecule has 2 fully saturated rings. The molecular formula is C16H30N2O3. The molecule has 122 valence electrons. The SMILES string of the molecule is COC(=O)C[C@@H]1CN(CCN2C[C@H](C)C[C@H](C)C2)CCO1. The van der Waals surface area contributed by atoms with Gasteiger partial charge in [0, 0.05) is 39.3 Å². The number of piperidine rings is 1. The van der Waals surface area contributed by atoms with E-state index in [-0.39, 0.29) is 12.1 Å². The lowest BCUT2D eigenvalue weighted by atomic mass is 9.92. The average Bonchev–Trinajstić information content (AvgIpc) is 2.44. The highest BCUT2D eigenvalue weighted by molar-refractivity contribution is 5.69. The molecule has 0 aromatic heterocycles. The number of methoxy groups -OCH3 is 1. The molecule has 0 radical (unpaired) electrons. The first-order valence-corrected chi connectivity index (χ1v) is 8.20. The molecule has 2 rings (SSSR count). The fourth-order valence-corrected chi connectivity index (χ4v) is 3.63. The number of likely N-dealkylation sites (tertiary alicyclic amines) is 1. The van der Waals surface area contributed by atoms with Gasteiger partial charge in [-0.05, 0) is 18.3 Å². The standard InChI is InChI=1S/C16H30N2O3/c1-13-8-14(2)11-18(10-13)5-4-17-6-7-21-15(12-17)9-16(19)20-3/h13-15H,4-12H2,1-3H3/t13-,14+,15-/m1/s1. The summed E-state index contributed by atoms with van der Waals surface area (Å²) in [6.07, 6.45) is 1.71. The fraction of sp³-hybridized carbons (Fsp3) is 0.938. The number of carbonyl (C=O) groups is 1. The van der Waals surface area contributed by atoms with E-state index >= 15 is 0 Å². The first-order chi connectivity index (χ1) is 10.1. The van der Waals surface area contributed by atoms with Crippen molar-refractivity contribution in [3.8, 4) is 0 Å². The molecule has 5 heteroatoms. The highest BCUT2D eigenvalue weighted by Crippen LogP contribution is 2.20. The Morgan fingerprint density at radius 2 is 1.81 bits per heavy atom. The minimum absolute atomic E-state index is 0.00889. The van der Waals surface area contributed by atoms with Gasteiger partial charge in [0.1, 0.15) is 0 Å². The third kappa shape index (κ3) is 5.57. The van der Waals surface area contributed by atoms with Crippen molar-refractivity contribution in [2.75, 3.05) is 53.0 Å². The summed E-state index contributed by atoms with van der Waals surface area (Å²) >= 11 is 0. The maximum absolute atomic E-state index is 11.3. The zero-order valence-electron chi connectivity index (χ0n) is 13.7. The maximum atomic E-state index is 11.3. The van der Waals surface area contributed by atoms with Gasteiger partial charge in [-0.25, -0.2) is 0 Å². The Labute approximate surface area is 128 Å². The van der Waals surface area contributed by atoms with Crippen LogP contribution in [0.1, 0.15) is 26.7 Å². The zero-order valence-corrected chi connectivity index (χ0v) is 13.7. The third-order valence-electron chi connectivity index (χ3n) is 4.52. The van der Waals surface area contributed by atoms with Crippen LogP contribution in [0.4, 0.5) is 0 Å². The second kappa shape index (κ2) is 8.11. The summed E-state index contributed by atoms with van der Waals surface area (Å²) in [6.45, 7) is 11.9. The van der Waals surface area contributed by atoms with Crippen molar-refractivity contribution in [2.24, 2.45) is 11.8 Å². The molecule has 0 N–H and O–H groups in total. The molecule has 2 aliphatic heterocycles. The van der Waals surface area contributed by atoms with Gasteiger partial charge in [0.15, 0.2) is 0 Å². The smallest absolute Gasteiger partial charge is 0.308 e. The van der Waals surface area contributed by atoms with Gasteiger partial charge in [0.2, 0.25) is 0 Å². The summed E-state index contributed by atoms with van der Waals surface area (Å²) in [7, 11) is 1.43. The van der Waals surface area contributed by atoms with E-state index in [4.69, 9.17) is 9.47 Å². The Hall–Kier alpha value is -0.650. The van der Waals surface area contributed by atoms with Crippen LogP contribution in [0.3, 0.4) is 0 Å². The van der Waals surface area contributed by atoms with Gasteiger partial charge in [-0.2, -0.15) is 0 Å². The first-order valence-electron chi connectivity index (χ1n) is 8.20. The van der Waals surface area contributed by atoms with Crippen LogP contribution in [-0.2, 0) is 14.3 Å². The molecule has 2 heterocycles.